The Hall–Kier alpha value is -1.68. The van der Waals surface area contributed by atoms with Gasteiger partial charge in [0.15, 0.2) is 0 Å². The van der Waals surface area contributed by atoms with Crippen LogP contribution in [0.5, 0.6) is 0 Å². The maximum Gasteiger partial charge on any atom is 0.0992 e. The van der Waals surface area contributed by atoms with Crippen LogP contribution in [0.4, 0.5) is 0 Å². The fourth-order valence-corrected chi connectivity index (χ4v) is 1.37. The molecule has 15 heavy (non-hydrogen) atoms. The molecule has 2 aromatic heterocycles. The van der Waals surface area contributed by atoms with Crippen LogP contribution in [-0.4, -0.2) is 19.6 Å². The monoisotopic (exact) mass is 203 g/mol. The molecule has 78 valence electrons. The Morgan fingerprint density at radius 1 is 1.47 bits per heavy atom. The van der Waals surface area contributed by atoms with E-state index in [2.05, 4.69) is 9.97 Å². The molecule has 0 aliphatic carbocycles. The fourth-order valence-electron chi connectivity index (χ4n) is 1.37. The Labute approximate surface area is 88.2 Å². The summed E-state index contributed by atoms with van der Waals surface area (Å²) in [5.74, 6) is 0. The van der Waals surface area contributed by atoms with Crippen molar-refractivity contribution in [2.75, 3.05) is 0 Å². The van der Waals surface area contributed by atoms with E-state index in [1.807, 2.05) is 29.8 Å². The second kappa shape index (κ2) is 4.23. The summed E-state index contributed by atoms with van der Waals surface area (Å²) >= 11 is 0. The van der Waals surface area contributed by atoms with Crippen LogP contribution < -0.4 is 0 Å². The van der Waals surface area contributed by atoms with Crippen molar-refractivity contribution in [3.63, 3.8) is 0 Å². The molecule has 0 radical (unpaired) electrons. The van der Waals surface area contributed by atoms with Gasteiger partial charge in [0.2, 0.25) is 0 Å². The molecular weight excluding hydrogens is 190 g/mol. The van der Waals surface area contributed by atoms with Gasteiger partial charge >= 0.3 is 0 Å². The quantitative estimate of drug-likeness (QED) is 0.826. The minimum Gasteiger partial charge on any atom is -0.387 e. The predicted molar refractivity (Wildman–Crippen MR) is 56.6 cm³/mol. The molecule has 0 aliphatic heterocycles. The average Bonchev–Trinajstić information content (AvgIpc) is 2.82. The third-order valence-corrected chi connectivity index (χ3v) is 2.30. The molecule has 1 atom stereocenters. The van der Waals surface area contributed by atoms with E-state index in [0.29, 0.717) is 12.1 Å². The van der Waals surface area contributed by atoms with Crippen molar-refractivity contribution in [3.05, 3.63) is 42.7 Å². The number of hydrogen-bond acceptors (Lipinski definition) is 3. The molecule has 0 aromatic carbocycles. The Kier molecular flexibility index (Phi) is 2.78. The largest absolute Gasteiger partial charge is 0.387 e. The third-order valence-electron chi connectivity index (χ3n) is 2.30. The summed E-state index contributed by atoms with van der Waals surface area (Å²) in [6.07, 6.45) is 7.23. The van der Waals surface area contributed by atoms with Gasteiger partial charge in [-0.2, -0.15) is 0 Å². The lowest BCUT2D eigenvalue weighted by Crippen LogP contribution is -2.00. The molecule has 0 bridgehead atoms. The maximum atomic E-state index is 9.57. The number of hydrogen-bond donors (Lipinski definition) is 1. The van der Waals surface area contributed by atoms with Gasteiger partial charge in [-0.15, -0.1) is 0 Å². The Morgan fingerprint density at radius 2 is 2.33 bits per heavy atom. The highest BCUT2D eigenvalue weighted by atomic mass is 16.3. The molecule has 0 amide bonds. The number of nitrogens with zero attached hydrogens (tertiary/aromatic N) is 3. The lowest BCUT2D eigenvalue weighted by Gasteiger charge is -2.07. The minimum atomic E-state index is -0.471. The second-order valence-corrected chi connectivity index (χ2v) is 3.34. The van der Waals surface area contributed by atoms with Gasteiger partial charge in [0.25, 0.3) is 0 Å². The van der Waals surface area contributed by atoms with Gasteiger partial charge in [0.05, 0.1) is 30.0 Å². The molecule has 0 saturated carbocycles. The number of aromatic nitrogens is 3. The molecule has 4 heteroatoms. The molecular formula is C11H13N3O. The predicted octanol–water partition coefficient (Wildman–Crippen LogP) is 1.71. The number of pyridine rings is 1. The highest BCUT2D eigenvalue weighted by molar-refractivity contribution is 5.29. The van der Waals surface area contributed by atoms with E-state index in [9.17, 15) is 5.11 Å². The average molecular weight is 203 g/mol. The third kappa shape index (κ3) is 2.05. The molecule has 0 fully saturated rings. The van der Waals surface area contributed by atoms with E-state index in [1.54, 1.807) is 18.7 Å². The van der Waals surface area contributed by atoms with Crippen LogP contribution in [0, 0.1) is 0 Å². The molecule has 4 nitrogen and oxygen atoms in total. The van der Waals surface area contributed by atoms with Gasteiger partial charge in [-0.3, -0.25) is 4.98 Å². The first-order valence-electron chi connectivity index (χ1n) is 4.93. The zero-order valence-electron chi connectivity index (χ0n) is 8.54. The van der Waals surface area contributed by atoms with Crippen molar-refractivity contribution < 1.29 is 5.11 Å². The lowest BCUT2D eigenvalue weighted by molar-refractivity contribution is 0.169. The lowest BCUT2D eigenvalue weighted by atomic mass is 10.2. The van der Waals surface area contributed by atoms with Crippen LogP contribution in [0.25, 0.3) is 5.69 Å². The van der Waals surface area contributed by atoms with Crippen LogP contribution in [-0.2, 0) is 0 Å². The summed E-state index contributed by atoms with van der Waals surface area (Å²) in [7, 11) is 0. The summed E-state index contributed by atoms with van der Waals surface area (Å²) in [4.78, 5) is 8.16. The van der Waals surface area contributed by atoms with Crippen molar-refractivity contribution in [2.45, 2.75) is 19.4 Å². The Balaban J connectivity index is 2.25. The van der Waals surface area contributed by atoms with Crippen LogP contribution in [0.1, 0.15) is 25.1 Å². The van der Waals surface area contributed by atoms with E-state index in [1.165, 1.54) is 0 Å². The van der Waals surface area contributed by atoms with Crippen molar-refractivity contribution in [1.82, 2.24) is 14.5 Å². The molecule has 0 aliphatic rings. The van der Waals surface area contributed by atoms with Crippen LogP contribution in [0.15, 0.2) is 37.1 Å². The molecule has 2 heterocycles. The van der Waals surface area contributed by atoms with Gasteiger partial charge in [-0.05, 0) is 18.6 Å². The van der Waals surface area contributed by atoms with Gasteiger partial charge in [-0.1, -0.05) is 6.92 Å². The van der Waals surface area contributed by atoms with Crippen LogP contribution in [0.2, 0.25) is 0 Å². The zero-order chi connectivity index (χ0) is 10.7. The number of aliphatic hydroxyl groups is 1. The summed E-state index contributed by atoms with van der Waals surface area (Å²) in [5.41, 5.74) is 1.65. The first kappa shape index (κ1) is 9.86. The molecule has 0 unspecified atom stereocenters. The second-order valence-electron chi connectivity index (χ2n) is 3.34. The topological polar surface area (TPSA) is 50.9 Å². The Morgan fingerprint density at radius 3 is 2.87 bits per heavy atom. The number of imidazole rings is 1. The molecule has 2 rings (SSSR count). The SMILES string of the molecule is CC[C@@H](O)c1ccc(-n2ccnc2)cn1. The van der Waals surface area contributed by atoms with Crippen molar-refractivity contribution >= 4 is 0 Å². The molecule has 1 N–H and O–H groups in total. The first-order valence-corrected chi connectivity index (χ1v) is 4.93. The highest BCUT2D eigenvalue weighted by Gasteiger charge is 2.05. The van der Waals surface area contributed by atoms with E-state index < -0.39 is 6.10 Å². The smallest absolute Gasteiger partial charge is 0.0992 e. The van der Waals surface area contributed by atoms with E-state index in [0.717, 1.165) is 5.69 Å². The van der Waals surface area contributed by atoms with Crippen molar-refractivity contribution in [1.29, 1.82) is 0 Å². The van der Waals surface area contributed by atoms with E-state index in [-0.39, 0.29) is 0 Å². The minimum absolute atomic E-state index is 0.471. The van der Waals surface area contributed by atoms with Crippen molar-refractivity contribution in [2.24, 2.45) is 0 Å². The summed E-state index contributed by atoms with van der Waals surface area (Å²) in [6, 6.07) is 3.76. The summed E-state index contributed by atoms with van der Waals surface area (Å²) < 4.78 is 1.87. The molecule has 0 spiro atoms. The standard InChI is InChI=1S/C11H13N3O/c1-2-11(15)10-4-3-9(7-13-10)14-6-5-12-8-14/h3-8,11,15H,2H2,1H3/t11-/m1/s1. The Bertz CT molecular complexity index is 408. The van der Waals surface area contributed by atoms with Crippen LogP contribution >= 0.6 is 0 Å². The first-order chi connectivity index (χ1) is 7.31. The molecule has 2 aromatic rings. The van der Waals surface area contributed by atoms with Crippen molar-refractivity contribution in [3.8, 4) is 5.69 Å². The number of aliphatic hydroxyl groups excluding tert-OH is 1. The zero-order valence-corrected chi connectivity index (χ0v) is 8.54. The fraction of sp³-hybridized carbons (Fsp3) is 0.273. The van der Waals surface area contributed by atoms with Crippen LogP contribution in [0.3, 0.4) is 0 Å². The van der Waals surface area contributed by atoms with Gasteiger partial charge < -0.3 is 9.67 Å². The summed E-state index contributed by atoms with van der Waals surface area (Å²) in [6.45, 7) is 1.93. The normalized spacial score (nSPS) is 12.7. The van der Waals surface area contributed by atoms with Gasteiger partial charge in [0.1, 0.15) is 0 Å². The van der Waals surface area contributed by atoms with Gasteiger partial charge in [0, 0.05) is 12.4 Å². The number of rotatable bonds is 3. The maximum absolute atomic E-state index is 9.57. The van der Waals surface area contributed by atoms with E-state index in [4.69, 9.17) is 0 Å². The summed E-state index contributed by atoms with van der Waals surface area (Å²) in [5, 5.41) is 9.57. The molecule has 0 saturated heterocycles. The highest BCUT2D eigenvalue weighted by Crippen LogP contribution is 2.14. The van der Waals surface area contributed by atoms with E-state index >= 15 is 0 Å². The van der Waals surface area contributed by atoms with Gasteiger partial charge in [-0.25, -0.2) is 4.98 Å².